The number of nitriles is 2. The molecule has 0 aliphatic rings. The van der Waals surface area contributed by atoms with Crippen LogP contribution in [0.15, 0.2) is 48.8 Å². The predicted octanol–water partition coefficient (Wildman–Crippen LogP) is 5.23. The number of benzene rings is 2. The van der Waals surface area contributed by atoms with E-state index in [9.17, 15) is 25.6 Å². The number of aromatic nitrogens is 4. The number of nitrogens with zero attached hydrogens (tertiary/aromatic N) is 7. The Morgan fingerprint density at radius 1 is 0.778 bits per heavy atom. The van der Waals surface area contributed by atoms with Crippen molar-refractivity contribution in [3.8, 4) is 35.3 Å². The van der Waals surface area contributed by atoms with Gasteiger partial charge in [-0.15, -0.1) is 10.2 Å². The van der Waals surface area contributed by atoms with Gasteiger partial charge in [-0.3, -0.25) is 4.18 Å². The second-order valence-electron chi connectivity index (χ2n) is 10.3. The summed E-state index contributed by atoms with van der Waals surface area (Å²) >= 11 is 4.00. The van der Waals surface area contributed by atoms with Crippen LogP contribution >= 0.6 is 55.9 Å². The lowest BCUT2D eigenvalue weighted by atomic mass is 10.2. The van der Waals surface area contributed by atoms with Crippen molar-refractivity contribution in [3.63, 3.8) is 0 Å². The van der Waals surface area contributed by atoms with Crippen LogP contribution in [0.3, 0.4) is 0 Å². The lowest BCUT2D eigenvalue weighted by Gasteiger charge is -2.13. The maximum Gasteiger partial charge on any atom is 0.264 e. The van der Waals surface area contributed by atoms with Crippen molar-refractivity contribution < 1.29 is 44.4 Å². The van der Waals surface area contributed by atoms with Gasteiger partial charge in [0.15, 0.2) is 0 Å². The van der Waals surface area contributed by atoms with E-state index < -0.39 is 30.8 Å². The molecule has 0 radical (unpaired) electrons. The van der Waals surface area contributed by atoms with Crippen molar-refractivity contribution in [2.75, 3.05) is 58.6 Å². The average Bonchev–Trinajstić information content (AvgIpc) is 3.66. The van der Waals surface area contributed by atoms with Crippen LogP contribution < -0.4 is 9.47 Å². The molecule has 0 unspecified atom stereocenters. The summed E-state index contributed by atoms with van der Waals surface area (Å²) in [4.78, 5) is 2.38. The van der Waals surface area contributed by atoms with Gasteiger partial charge in [-0.25, -0.2) is 26.6 Å². The lowest BCUT2D eigenvalue weighted by Crippen LogP contribution is -2.21. The molecule has 22 heteroatoms. The van der Waals surface area contributed by atoms with Gasteiger partial charge in [0.1, 0.15) is 31.5 Å². The largest absolute Gasteiger partial charge is 0.473 e. The van der Waals surface area contributed by atoms with E-state index in [4.69, 9.17) is 25.1 Å². The minimum atomic E-state index is -3.52. The topological polar surface area (TPSA) is 203 Å². The highest BCUT2D eigenvalue weighted by atomic mass is 127. The number of aliphatic hydroxyl groups is 1. The van der Waals surface area contributed by atoms with E-state index in [0.29, 0.717) is 20.8 Å². The molecule has 0 amide bonds. The Bertz CT molecular complexity index is 2090. The van der Waals surface area contributed by atoms with E-state index in [1.807, 2.05) is 57.3 Å². The van der Waals surface area contributed by atoms with Gasteiger partial charge in [0.25, 0.3) is 10.1 Å². The molecular formula is C32H38ClF2I2N7O8S2. The molecular weight excluding hydrogens is 1000 g/mol. The Morgan fingerprint density at radius 2 is 1.17 bits per heavy atom. The predicted molar refractivity (Wildman–Crippen MR) is 215 cm³/mol. The summed E-state index contributed by atoms with van der Waals surface area (Å²) < 4.78 is 86.6. The smallest absolute Gasteiger partial charge is 0.264 e. The molecule has 296 valence electrons. The van der Waals surface area contributed by atoms with Gasteiger partial charge in [-0.05, 0) is 101 Å². The Morgan fingerprint density at radius 3 is 1.48 bits per heavy atom. The Balaban J connectivity index is 0.000000420. The fourth-order valence-electron chi connectivity index (χ4n) is 3.81. The maximum atomic E-state index is 13.5. The van der Waals surface area contributed by atoms with Crippen molar-refractivity contribution in [1.82, 2.24) is 24.5 Å². The summed E-state index contributed by atoms with van der Waals surface area (Å²) in [6.45, 7) is 10.0. The number of halogens is 5. The van der Waals surface area contributed by atoms with Crippen molar-refractivity contribution in [2.45, 2.75) is 20.8 Å². The summed E-state index contributed by atoms with van der Waals surface area (Å²) in [5.41, 5.74) is 1.21. The fraction of sp³-hybridized carbons (Fsp3) is 0.375. The molecule has 0 aliphatic carbocycles. The van der Waals surface area contributed by atoms with Crippen LogP contribution in [-0.4, -0.2) is 105 Å². The molecule has 4 aromatic rings. The number of hydrogen-bond donors (Lipinski definition) is 1. The van der Waals surface area contributed by atoms with Crippen LogP contribution in [0.1, 0.15) is 31.9 Å². The Labute approximate surface area is 345 Å². The van der Waals surface area contributed by atoms with Crippen LogP contribution in [0.4, 0.5) is 8.78 Å². The van der Waals surface area contributed by atoms with Gasteiger partial charge in [0.2, 0.25) is 20.8 Å². The second-order valence-corrected chi connectivity index (χ2v) is 17.3. The summed E-state index contributed by atoms with van der Waals surface area (Å²) in [7, 11) is -2.21. The molecule has 54 heavy (non-hydrogen) atoms. The van der Waals surface area contributed by atoms with Crippen LogP contribution in [0.5, 0.6) is 11.8 Å². The molecule has 15 nitrogen and oxygen atoms in total. The molecule has 2 aromatic carbocycles. The third-order valence-corrected chi connectivity index (χ3v) is 8.20. The van der Waals surface area contributed by atoms with E-state index in [-0.39, 0.29) is 43.4 Å². The third-order valence-electron chi connectivity index (χ3n) is 6.12. The highest BCUT2D eigenvalue weighted by molar-refractivity contribution is 14.1. The lowest BCUT2D eigenvalue weighted by molar-refractivity contribution is 0.195. The van der Waals surface area contributed by atoms with Crippen LogP contribution in [0, 0.1) is 41.4 Å². The number of aliphatic hydroxyl groups excluding tert-OH is 1. The second kappa shape index (κ2) is 24.4. The first-order valence-electron chi connectivity index (χ1n) is 15.5. The minimum absolute atomic E-state index is 0.00726. The normalized spacial score (nSPS) is 10.8. The van der Waals surface area contributed by atoms with Gasteiger partial charge in [-0.2, -0.15) is 18.9 Å². The molecule has 0 saturated carbocycles. The molecule has 1 N–H and O–H groups in total. The van der Waals surface area contributed by atoms with E-state index in [0.717, 1.165) is 28.2 Å². The van der Waals surface area contributed by atoms with Crippen LogP contribution in [-0.2, 0) is 23.4 Å². The Hall–Kier alpha value is -3.17. The van der Waals surface area contributed by atoms with Crippen molar-refractivity contribution in [1.29, 1.82) is 10.5 Å². The molecule has 0 fully saturated rings. The fourth-order valence-corrected chi connectivity index (χ4v) is 5.24. The van der Waals surface area contributed by atoms with Crippen LogP contribution in [0.2, 0.25) is 0 Å². The van der Waals surface area contributed by atoms with Crippen molar-refractivity contribution >= 4 is 75.0 Å². The summed E-state index contributed by atoms with van der Waals surface area (Å²) in [5, 5.41) is 34.6. The summed E-state index contributed by atoms with van der Waals surface area (Å²) in [5.74, 6) is -0.436. The van der Waals surface area contributed by atoms with Gasteiger partial charge in [0.05, 0.1) is 60.9 Å². The molecule has 0 bridgehead atoms. The first-order chi connectivity index (χ1) is 25.3. The molecule has 0 atom stereocenters. The van der Waals surface area contributed by atoms with Gasteiger partial charge >= 0.3 is 0 Å². The number of ether oxygens (including phenoxy) is 2. The molecule has 2 heterocycles. The van der Waals surface area contributed by atoms with E-state index in [1.54, 1.807) is 12.4 Å². The average molecular weight is 1040 g/mol. The Kier molecular flexibility index (Phi) is 22.0. The number of rotatable bonds is 13. The van der Waals surface area contributed by atoms with Crippen molar-refractivity contribution in [2.24, 2.45) is 0 Å². The monoisotopic (exact) mass is 1040 g/mol. The zero-order valence-corrected chi connectivity index (χ0v) is 36.4. The van der Waals surface area contributed by atoms with Crippen LogP contribution in [0.25, 0.3) is 11.4 Å². The zero-order chi connectivity index (χ0) is 41.1. The minimum Gasteiger partial charge on any atom is -0.473 e. The molecule has 4 rings (SSSR count). The molecule has 0 saturated heterocycles. The highest BCUT2D eigenvalue weighted by Gasteiger charge is 2.12. The summed E-state index contributed by atoms with van der Waals surface area (Å²) in [6.07, 6.45) is 5.13. The molecule has 0 spiro atoms. The first kappa shape index (κ1) is 48.8. The standard InChI is InChI=1S/C13H11FIN3O4S.C12H9FIN3O2.C6H15N.CH3ClO2S/c1-23(19,20)22-3-2-21-13-12(15)8-18(17-13)11-5-9(7-16)4-10(14)6-11;13-9-3-8(6-15)4-10(5-9)17-7-11(14)12(16-17)19-2-1-18;1-4-7(5-2)6-3;1-5(2,3)4/h4-6,8H,2-3H2,1H3;3-5,7,18H,1-2H2;4-6H2,1-3H3;1H3. The number of hydrogen-bond acceptors (Lipinski definition) is 13. The maximum absolute atomic E-state index is 13.5. The van der Waals surface area contributed by atoms with Gasteiger partial charge < -0.3 is 19.5 Å². The molecule has 0 aliphatic heterocycles. The van der Waals surface area contributed by atoms with Gasteiger partial charge in [-0.1, -0.05) is 20.8 Å². The SMILES string of the molecule is CCN(CC)CC.CS(=O)(=O)Cl.CS(=O)(=O)OCCOc1nn(-c2cc(F)cc(C#N)c2)cc1I.N#Cc1cc(F)cc(-n2cc(I)c(OCCO)n2)c1. The first-order valence-corrected chi connectivity index (χ1v) is 22.2. The van der Waals surface area contributed by atoms with E-state index >= 15 is 0 Å². The zero-order valence-electron chi connectivity index (χ0n) is 29.7. The van der Waals surface area contributed by atoms with E-state index in [2.05, 4.69) is 50.7 Å². The summed E-state index contributed by atoms with van der Waals surface area (Å²) in [6, 6.07) is 11.6. The van der Waals surface area contributed by atoms with Gasteiger partial charge in [0, 0.05) is 23.1 Å². The quantitative estimate of drug-likeness (QED) is 0.0790. The third kappa shape index (κ3) is 19.9. The molecule has 2 aromatic heterocycles. The van der Waals surface area contributed by atoms with E-state index in [1.165, 1.54) is 53.3 Å². The van der Waals surface area contributed by atoms with Crippen molar-refractivity contribution in [3.05, 3.63) is 78.7 Å². The highest BCUT2D eigenvalue weighted by Crippen LogP contribution is 2.23.